The summed E-state index contributed by atoms with van der Waals surface area (Å²) in [6.45, 7) is 19.3. The third-order valence-electron chi connectivity index (χ3n) is 13.0. The first-order valence-corrected chi connectivity index (χ1v) is 18.8. The van der Waals surface area contributed by atoms with E-state index in [0.29, 0.717) is 38.9 Å². The van der Waals surface area contributed by atoms with Crippen LogP contribution in [0.4, 0.5) is 0 Å². The Bertz CT molecular complexity index is 1400. The van der Waals surface area contributed by atoms with Crippen molar-refractivity contribution in [3.8, 4) is 0 Å². The van der Waals surface area contributed by atoms with Gasteiger partial charge in [0.1, 0.15) is 18.1 Å². The maximum Gasteiger partial charge on any atom is 0.289 e. The summed E-state index contributed by atoms with van der Waals surface area (Å²) in [6.07, 6.45) is 6.22. The van der Waals surface area contributed by atoms with Crippen LogP contribution in [-0.4, -0.2) is 102 Å². The van der Waals surface area contributed by atoms with Gasteiger partial charge in [0.2, 0.25) is 29.4 Å². The zero-order valence-corrected chi connectivity index (χ0v) is 32.1. The first kappa shape index (κ1) is 38.2. The lowest BCUT2D eigenvalue weighted by Gasteiger charge is -2.40. The Morgan fingerprint density at radius 3 is 1.88 bits per heavy atom. The van der Waals surface area contributed by atoms with Gasteiger partial charge in [0.25, 0.3) is 5.91 Å². The Kier molecular flexibility index (Phi) is 10.1. The van der Waals surface area contributed by atoms with Crippen molar-refractivity contribution < 1.29 is 28.8 Å². The molecule has 5 atom stereocenters. The summed E-state index contributed by atoms with van der Waals surface area (Å²) in [5.74, 6) is -2.96. The Hall–Kier alpha value is -3.02. The average molecular weight is 699 g/mol. The molecular formula is C38H62N6O6. The number of amides is 5. The van der Waals surface area contributed by atoms with Gasteiger partial charge in [-0.2, -0.15) is 0 Å². The number of carbonyl (C=O) groups excluding carboxylic acids is 6. The molecule has 2 saturated heterocycles. The summed E-state index contributed by atoms with van der Waals surface area (Å²) in [5, 5.41) is 11.6. The standard InChI is InChI=1S/C38H62N6O6/c1-11-13-24(26(45)31(48)39-23-14-15-23)40-30(47)25-18-38(36(8,9)37(38)16-12-17-37)21-44(25)33(50)28(35(5,6)7)42-32(49)27(34(2,3)4)41-29(46)22-19-43(10)20-22/h22-25,27-28H,11-21H2,1-10H3,(H,39,48)(H,40,47)(H,41,46)(H,42,49)/t24-,25-,27+,28+,38+/m0/s1. The maximum atomic E-state index is 14.9. The number of hydrogen-bond donors (Lipinski definition) is 4. The van der Waals surface area contributed by atoms with Crippen LogP contribution in [0.1, 0.15) is 114 Å². The molecule has 2 spiro atoms. The molecule has 5 aliphatic rings. The number of fused-ring (bicyclic) bond motifs is 1. The Balaban J connectivity index is 1.40. The lowest BCUT2D eigenvalue weighted by molar-refractivity contribution is -0.146. The molecule has 12 nitrogen and oxygen atoms in total. The minimum absolute atomic E-state index is 0.0126. The van der Waals surface area contributed by atoms with E-state index < -0.39 is 58.5 Å². The molecule has 3 aliphatic carbocycles. The summed E-state index contributed by atoms with van der Waals surface area (Å²) in [7, 11) is 1.94. The van der Waals surface area contributed by atoms with E-state index >= 15 is 0 Å². The Labute approximate surface area is 298 Å². The molecule has 2 aliphatic heterocycles. The lowest BCUT2D eigenvalue weighted by atomic mass is 9.73. The van der Waals surface area contributed by atoms with Crippen molar-refractivity contribution in [1.29, 1.82) is 0 Å². The van der Waals surface area contributed by atoms with E-state index in [9.17, 15) is 28.8 Å². The van der Waals surface area contributed by atoms with Gasteiger partial charge < -0.3 is 31.1 Å². The Morgan fingerprint density at radius 1 is 0.820 bits per heavy atom. The largest absolute Gasteiger partial charge is 0.347 e. The van der Waals surface area contributed by atoms with E-state index in [1.165, 1.54) is 0 Å². The number of ketones is 1. The van der Waals surface area contributed by atoms with Crippen molar-refractivity contribution in [2.75, 3.05) is 26.7 Å². The fourth-order valence-electron chi connectivity index (χ4n) is 9.37. The molecule has 0 aromatic rings. The van der Waals surface area contributed by atoms with Crippen LogP contribution in [0.25, 0.3) is 0 Å². The molecule has 0 bridgehead atoms. The highest BCUT2D eigenvalue weighted by Gasteiger charge is 2.85. The van der Waals surface area contributed by atoms with Crippen LogP contribution >= 0.6 is 0 Å². The molecule has 0 unspecified atom stereocenters. The quantitative estimate of drug-likeness (QED) is 0.228. The zero-order chi connectivity index (χ0) is 37.2. The number of rotatable bonds is 12. The number of nitrogens with zero attached hydrogens (tertiary/aromatic N) is 2. The van der Waals surface area contributed by atoms with E-state index in [-0.39, 0.29) is 40.0 Å². The molecule has 3 saturated carbocycles. The molecule has 5 amide bonds. The van der Waals surface area contributed by atoms with Crippen LogP contribution in [0.15, 0.2) is 0 Å². The normalized spacial score (nSPS) is 27.4. The van der Waals surface area contributed by atoms with Crippen molar-refractivity contribution in [2.24, 2.45) is 33.0 Å². The molecule has 0 aromatic carbocycles. The predicted molar refractivity (Wildman–Crippen MR) is 189 cm³/mol. The van der Waals surface area contributed by atoms with Crippen molar-refractivity contribution >= 4 is 35.3 Å². The predicted octanol–water partition coefficient (Wildman–Crippen LogP) is 2.54. The topological polar surface area (TPSA) is 157 Å². The third-order valence-corrected chi connectivity index (χ3v) is 13.0. The number of carbonyl (C=O) groups is 6. The second kappa shape index (κ2) is 13.2. The maximum absolute atomic E-state index is 14.9. The van der Waals surface area contributed by atoms with Crippen LogP contribution in [0.5, 0.6) is 0 Å². The second-order valence-corrected chi connectivity index (χ2v) is 18.8. The van der Waals surface area contributed by atoms with Gasteiger partial charge in [-0.1, -0.05) is 75.2 Å². The average Bonchev–Trinajstić information content (AvgIpc) is 3.79. The lowest BCUT2D eigenvalue weighted by Crippen LogP contribution is -2.63. The number of hydrogen-bond acceptors (Lipinski definition) is 7. The van der Waals surface area contributed by atoms with E-state index in [0.717, 1.165) is 32.1 Å². The molecule has 0 radical (unpaired) electrons. The molecule has 2 heterocycles. The molecule has 4 N–H and O–H groups in total. The SMILES string of the molecule is CCC[C@H](NC(=O)[C@@H]1C[C@@]2(CN1C(=O)[C@@H](NC(=O)[C@@H](NC(=O)C1CN(C)C1)C(C)(C)C)C(C)(C)C)C(C)(C)C21CCC1)C(=O)C(=O)NC1CC1. The molecule has 12 heteroatoms. The number of nitrogens with one attached hydrogen (secondary N) is 4. The fraction of sp³-hybridized carbons (Fsp3) is 0.842. The van der Waals surface area contributed by atoms with Gasteiger partial charge in [-0.3, -0.25) is 28.8 Å². The highest BCUT2D eigenvalue weighted by Crippen LogP contribution is 2.88. The van der Waals surface area contributed by atoms with Gasteiger partial charge in [0.15, 0.2) is 0 Å². The van der Waals surface area contributed by atoms with Crippen LogP contribution in [0.3, 0.4) is 0 Å². The Morgan fingerprint density at radius 2 is 1.42 bits per heavy atom. The fourth-order valence-corrected chi connectivity index (χ4v) is 9.37. The highest BCUT2D eigenvalue weighted by molar-refractivity contribution is 6.38. The van der Waals surface area contributed by atoms with Crippen LogP contribution in [0.2, 0.25) is 0 Å². The van der Waals surface area contributed by atoms with Gasteiger partial charge in [-0.05, 0) is 67.2 Å². The third kappa shape index (κ3) is 6.70. The summed E-state index contributed by atoms with van der Waals surface area (Å²) >= 11 is 0. The van der Waals surface area contributed by atoms with Crippen LogP contribution < -0.4 is 21.3 Å². The van der Waals surface area contributed by atoms with Gasteiger partial charge in [-0.25, -0.2) is 0 Å². The van der Waals surface area contributed by atoms with Crippen molar-refractivity contribution in [3.05, 3.63) is 0 Å². The van der Waals surface area contributed by atoms with Gasteiger partial charge in [-0.15, -0.1) is 0 Å². The minimum atomic E-state index is -0.992. The first-order chi connectivity index (χ1) is 23.1. The zero-order valence-electron chi connectivity index (χ0n) is 32.1. The van der Waals surface area contributed by atoms with Crippen LogP contribution in [-0.2, 0) is 28.8 Å². The molecule has 5 rings (SSSR count). The monoisotopic (exact) mass is 698 g/mol. The van der Waals surface area contributed by atoms with E-state index in [1.54, 1.807) is 4.90 Å². The summed E-state index contributed by atoms with van der Waals surface area (Å²) < 4.78 is 0. The molecular weight excluding hydrogens is 636 g/mol. The molecule has 280 valence electrons. The molecule has 5 fully saturated rings. The van der Waals surface area contributed by atoms with Gasteiger partial charge >= 0.3 is 0 Å². The number of Topliss-reactive ketones (excluding diaryl/α,β-unsaturated/α-hetero) is 1. The van der Waals surface area contributed by atoms with E-state index in [4.69, 9.17) is 0 Å². The summed E-state index contributed by atoms with van der Waals surface area (Å²) in [6, 6.07) is -3.72. The number of likely N-dealkylation sites (tertiary alicyclic amines) is 2. The second-order valence-electron chi connectivity index (χ2n) is 18.8. The molecule has 0 aromatic heterocycles. The van der Waals surface area contributed by atoms with Crippen molar-refractivity contribution in [2.45, 2.75) is 144 Å². The van der Waals surface area contributed by atoms with Crippen molar-refractivity contribution in [1.82, 2.24) is 31.1 Å². The van der Waals surface area contributed by atoms with Gasteiger partial charge in [0.05, 0.1) is 12.0 Å². The summed E-state index contributed by atoms with van der Waals surface area (Å²) in [4.78, 5) is 86.0. The highest BCUT2D eigenvalue weighted by atomic mass is 16.2. The first-order valence-electron chi connectivity index (χ1n) is 18.8. The van der Waals surface area contributed by atoms with Crippen LogP contribution in [0, 0.1) is 33.0 Å². The van der Waals surface area contributed by atoms with Crippen molar-refractivity contribution in [3.63, 3.8) is 0 Å². The summed E-state index contributed by atoms with van der Waals surface area (Å²) in [5.41, 5.74) is -1.70. The molecule has 50 heavy (non-hydrogen) atoms. The van der Waals surface area contributed by atoms with Gasteiger partial charge in [0, 0.05) is 31.1 Å². The van der Waals surface area contributed by atoms with E-state index in [2.05, 4.69) is 35.1 Å². The smallest absolute Gasteiger partial charge is 0.289 e. The van der Waals surface area contributed by atoms with E-state index in [1.807, 2.05) is 60.4 Å². The minimum Gasteiger partial charge on any atom is -0.347 e.